The molecular weight excluding hydrogens is 227 g/mol. The molecule has 0 spiro atoms. The van der Waals surface area contributed by atoms with Gasteiger partial charge in [-0.05, 0) is 10.8 Å². The first-order valence-electron chi connectivity index (χ1n) is 7.62. The maximum absolute atomic E-state index is 11.7. The van der Waals surface area contributed by atoms with Gasteiger partial charge in [-0.15, -0.1) is 5.65 Å². The lowest BCUT2D eigenvalue weighted by Gasteiger charge is -2.39. The molecule has 0 aromatic carbocycles. The number of hydrogen-bond donors (Lipinski definition) is 0. The van der Waals surface area contributed by atoms with Crippen molar-refractivity contribution in [2.75, 3.05) is 11.9 Å². The molecule has 1 nitrogen and oxygen atoms in total. The summed E-state index contributed by atoms with van der Waals surface area (Å²) in [5.74, 6) is 0. The van der Waals surface area contributed by atoms with E-state index in [1.165, 1.54) is 57.5 Å². The minimum absolute atomic E-state index is 0.343. The standard InChI is InChI=1S/C14H32BOS/c1-5-8-11-15(12-9-6-2,13-10-7-3)14-17(4)16/h5-14H2,1-4H3/q-1. The molecule has 0 aliphatic rings. The van der Waals surface area contributed by atoms with E-state index in [9.17, 15) is 4.21 Å². The van der Waals surface area contributed by atoms with Crippen molar-refractivity contribution in [1.29, 1.82) is 0 Å². The highest BCUT2D eigenvalue weighted by Gasteiger charge is 2.24. The van der Waals surface area contributed by atoms with Crippen molar-refractivity contribution in [3.05, 3.63) is 0 Å². The van der Waals surface area contributed by atoms with Crippen molar-refractivity contribution < 1.29 is 4.21 Å². The molecule has 0 aliphatic carbocycles. The Morgan fingerprint density at radius 2 is 1.18 bits per heavy atom. The van der Waals surface area contributed by atoms with Gasteiger partial charge in [-0.25, -0.2) is 0 Å². The van der Waals surface area contributed by atoms with Crippen LogP contribution >= 0.6 is 0 Å². The van der Waals surface area contributed by atoms with Crippen LogP contribution < -0.4 is 0 Å². The molecule has 0 fully saturated rings. The lowest BCUT2D eigenvalue weighted by atomic mass is 9.20. The van der Waals surface area contributed by atoms with E-state index < -0.39 is 10.8 Å². The predicted octanol–water partition coefficient (Wildman–Crippen LogP) is 4.75. The molecule has 0 aromatic heterocycles. The lowest BCUT2D eigenvalue weighted by molar-refractivity contribution is 0.688. The van der Waals surface area contributed by atoms with Crippen molar-refractivity contribution in [3.8, 4) is 0 Å². The van der Waals surface area contributed by atoms with Gasteiger partial charge < -0.3 is 0 Å². The molecule has 0 rings (SSSR count). The maximum atomic E-state index is 11.7. The zero-order valence-corrected chi connectivity index (χ0v) is 13.3. The van der Waals surface area contributed by atoms with Gasteiger partial charge in [0.15, 0.2) is 0 Å². The van der Waals surface area contributed by atoms with E-state index in [-0.39, 0.29) is 6.15 Å². The quantitative estimate of drug-likeness (QED) is 0.489. The first kappa shape index (κ1) is 17.2. The molecule has 1 atom stereocenters. The third-order valence-electron chi connectivity index (χ3n) is 4.10. The van der Waals surface area contributed by atoms with Crippen LogP contribution in [-0.4, -0.2) is 22.3 Å². The highest BCUT2D eigenvalue weighted by molar-refractivity contribution is 7.86. The van der Waals surface area contributed by atoms with Crippen LogP contribution in [0.3, 0.4) is 0 Å². The van der Waals surface area contributed by atoms with Crippen molar-refractivity contribution in [1.82, 2.24) is 0 Å². The molecule has 0 N–H and O–H groups in total. The Kier molecular flexibility index (Phi) is 10.3. The summed E-state index contributed by atoms with van der Waals surface area (Å²) >= 11 is 0. The zero-order valence-electron chi connectivity index (χ0n) is 12.5. The van der Waals surface area contributed by atoms with Crippen LogP contribution in [0.4, 0.5) is 0 Å². The average molecular weight is 259 g/mol. The van der Waals surface area contributed by atoms with Crippen LogP contribution in [0.15, 0.2) is 0 Å². The van der Waals surface area contributed by atoms with E-state index >= 15 is 0 Å². The first-order chi connectivity index (χ1) is 8.10. The zero-order chi connectivity index (χ0) is 13.1. The molecule has 0 heterocycles. The van der Waals surface area contributed by atoms with Crippen molar-refractivity contribution >= 4 is 16.9 Å². The van der Waals surface area contributed by atoms with Crippen LogP contribution in [0.25, 0.3) is 0 Å². The normalized spacial score (nSPS) is 13.9. The van der Waals surface area contributed by atoms with Gasteiger partial charge in [-0.1, -0.05) is 59.3 Å². The third kappa shape index (κ3) is 8.02. The van der Waals surface area contributed by atoms with Gasteiger partial charge in [0.2, 0.25) is 0 Å². The predicted molar refractivity (Wildman–Crippen MR) is 83.8 cm³/mol. The molecule has 0 amide bonds. The Bertz CT molecular complexity index is 185. The Morgan fingerprint density at radius 1 is 0.824 bits per heavy atom. The van der Waals surface area contributed by atoms with E-state index in [0.29, 0.717) is 0 Å². The van der Waals surface area contributed by atoms with Gasteiger partial charge in [0.05, 0.1) is 0 Å². The number of rotatable bonds is 11. The van der Waals surface area contributed by atoms with Crippen molar-refractivity contribution in [3.63, 3.8) is 0 Å². The van der Waals surface area contributed by atoms with Gasteiger partial charge in [0.1, 0.15) is 0 Å². The molecule has 0 bridgehead atoms. The molecule has 0 aromatic rings. The van der Waals surface area contributed by atoms with E-state index in [2.05, 4.69) is 20.8 Å². The Hall–Kier alpha value is 0.215. The molecule has 104 valence electrons. The molecule has 3 heteroatoms. The first-order valence-corrected chi connectivity index (χ1v) is 9.35. The van der Waals surface area contributed by atoms with E-state index in [1.807, 2.05) is 6.26 Å². The van der Waals surface area contributed by atoms with Gasteiger partial charge in [-0.2, -0.15) is 19.0 Å². The number of unbranched alkanes of at least 4 members (excludes halogenated alkanes) is 3. The van der Waals surface area contributed by atoms with Gasteiger partial charge in [0, 0.05) is 12.4 Å². The second kappa shape index (κ2) is 10.2. The summed E-state index contributed by atoms with van der Waals surface area (Å²) in [6, 6.07) is 0. The summed E-state index contributed by atoms with van der Waals surface area (Å²) in [6.07, 6.45) is 13.4. The minimum atomic E-state index is -0.618. The minimum Gasteiger partial charge on any atom is -0.263 e. The number of hydrogen-bond acceptors (Lipinski definition) is 1. The fourth-order valence-electron chi connectivity index (χ4n) is 3.09. The highest BCUT2D eigenvalue weighted by Crippen LogP contribution is 2.29. The third-order valence-corrected chi connectivity index (χ3v) is 5.27. The van der Waals surface area contributed by atoms with Crippen molar-refractivity contribution in [2.24, 2.45) is 0 Å². The highest BCUT2D eigenvalue weighted by atomic mass is 32.2. The largest absolute Gasteiger partial charge is 0.263 e. The second-order valence-corrected chi connectivity index (χ2v) is 7.38. The Balaban J connectivity index is 4.56. The molecule has 0 saturated heterocycles. The summed E-state index contributed by atoms with van der Waals surface area (Å²) in [4.78, 5) is 0. The SMILES string of the molecule is CCCC[B-](CCCC)(CCCC)CS(C)=O. The molecule has 17 heavy (non-hydrogen) atoms. The summed E-state index contributed by atoms with van der Waals surface area (Å²) in [6.45, 7) is 6.80. The van der Waals surface area contributed by atoms with Crippen LogP contribution in [0, 0.1) is 0 Å². The van der Waals surface area contributed by atoms with Crippen LogP contribution in [0.1, 0.15) is 59.3 Å². The van der Waals surface area contributed by atoms with Crippen LogP contribution in [0.5, 0.6) is 0 Å². The molecular formula is C14H32BOS-. The molecule has 0 saturated carbocycles. The molecule has 0 aliphatic heterocycles. The summed E-state index contributed by atoms with van der Waals surface area (Å²) < 4.78 is 11.7. The lowest BCUT2D eigenvalue weighted by Crippen LogP contribution is -2.40. The Morgan fingerprint density at radius 3 is 1.41 bits per heavy atom. The topological polar surface area (TPSA) is 17.1 Å². The van der Waals surface area contributed by atoms with E-state index in [4.69, 9.17) is 0 Å². The van der Waals surface area contributed by atoms with Gasteiger partial charge in [0.25, 0.3) is 0 Å². The van der Waals surface area contributed by atoms with E-state index in [1.54, 1.807) is 0 Å². The summed E-state index contributed by atoms with van der Waals surface area (Å²) in [5.41, 5.74) is 0.986. The van der Waals surface area contributed by atoms with E-state index in [0.717, 1.165) is 5.65 Å². The summed E-state index contributed by atoms with van der Waals surface area (Å²) in [7, 11) is -0.618. The smallest absolute Gasteiger partial charge is 0.0139 e. The van der Waals surface area contributed by atoms with Crippen LogP contribution in [0.2, 0.25) is 19.0 Å². The Labute approximate surface area is 112 Å². The van der Waals surface area contributed by atoms with Crippen molar-refractivity contribution in [2.45, 2.75) is 78.3 Å². The average Bonchev–Trinajstić information content (AvgIpc) is 2.30. The second-order valence-electron chi connectivity index (χ2n) is 5.90. The fourth-order valence-corrected chi connectivity index (χ4v) is 4.59. The van der Waals surface area contributed by atoms with Crippen LogP contribution in [-0.2, 0) is 10.8 Å². The fraction of sp³-hybridized carbons (Fsp3) is 1.00. The summed E-state index contributed by atoms with van der Waals surface area (Å²) in [5, 5.41) is 0. The monoisotopic (exact) mass is 259 g/mol. The molecule has 0 radical (unpaired) electrons. The maximum Gasteiger partial charge on any atom is 0.0139 e. The van der Waals surface area contributed by atoms with Gasteiger partial charge in [-0.3, -0.25) is 4.21 Å². The molecule has 1 unspecified atom stereocenters. The van der Waals surface area contributed by atoms with Gasteiger partial charge >= 0.3 is 0 Å².